The lowest BCUT2D eigenvalue weighted by Gasteiger charge is -2.20. The van der Waals surface area contributed by atoms with E-state index in [1.54, 1.807) is 0 Å². The third-order valence-electron chi connectivity index (χ3n) is 3.37. The van der Waals surface area contributed by atoms with E-state index >= 15 is 0 Å². The number of aliphatic carboxylic acids is 1. The average Bonchev–Trinajstić information content (AvgIpc) is 2.45. The number of hydrogen-bond donors (Lipinski definition) is 2. The van der Waals surface area contributed by atoms with Gasteiger partial charge < -0.3 is 9.84 Å². The van der Waals surface area contributed by atoms with Crippen molar-refractivity contribution in [3.63, 3.8) is 0 Å². The Morgan fingerprint density at radius 2 is 1.87 bits per heavy atom. The number of methoxy groups -OCH3 is 1. The molecule has 0 aliphatic heterocycles. The summed E-state index contributed by atoms with van der Waals surface area (Å²) < 4.78 is 32.0. The lowest BCUT2D eigenvalue weighted by atomic mass is 10.1. The summed E-state index contributed by atoms with van der Waals surface area (Å²) in [6.45, 7) is 3.69. The third-order valence-corrected chi connectivity index (χ3v) is 4.83. The molecule has 1 aromatic rings. The van der Waals surface area contributed by atoms with Crippen molar-refractivity contribution in [1.82, 2.24) is 4.72 Å². The van der Waals surface area contributed by atoms with Crippen LogP contribution in [-0.4, -0.2) is 44.5 Å². The van der Waals surface area contributed by atoms with Gasteiger partial charge in [-0.25, -0.2) is 13.1 Å². The van der Waals surface area contributed by atoms with Crippen molar-refractivity contribution in [1.29, 1.82) is 0 Å². The number of carboxylic acid groups (broad SMARTS) is 1. The molecule has 0 fully saturated rings. The van der Waals surface area contributed by atoms with Crippen molar-refractivity contribution in [2.75, 3.05) is 12.9 Å². The minimum atomic E-state index is -3.76. The third kappa shape index (κ3) is 7.58. The minimum Gasteiger partial charge on any atom is -0.480 e. The van der Waals surface area contributed by atoms with Crippen LogP contribution in [0.1, 0.15) is 25.8 Å². The van der Waals surface area contributed by atoms with E-state index in [1.807, 2.05) is 44.2 Å². The van der Waals surface area contributed by atoms with Gasteiger partial charge >= 0.3 is 5.97 Å². The van der Waals surface area contributed by atoms with E-state index in [0.717, 1.165) is 5.56 Å². The van der Waals surface area contributed by atoms with Crippen LogP contribution in [0.2, 0.25) is 0 Å². The maximum atomic E-state index is 12.2. The molecule has 2 unspecified atom stereocenters. The summed E-state index contributed by atoms with van der Waals surface area (Å²) in [4.78, 5) is 11.2. The van der Waals surface area contributed by atoms with E-state index in [4.69, 9.17) is 9.84 Å². The Morgan fingerprint density at radius 3 is 2.35 bits per heavy atom. The molecule has 1 rings (SSSR count). The van der Waals surface area contributed by atoms with Gasteiger partial charge in [0.15, 0.2) is 0 Å². The first-order valence-electron chi connectivity index (χ1n) is 7.53. The molecule has 0 aromatic heterocycles. The second kappa shape index (κ2) is 9.00. The molecule has 2 N–H and O–H groups in total. The zero-order valence-corrected chi connectivity index (χ0v) is 14.5. The average molecular weight is 343 g/mol. The number of benzene rings is 1. The fourth-order valence-electron chi connectivity index (χ4n) is 2.27. The lowest BCUT2D eigenvalue weighted by Crippen LogP contribution is -2.44. The minimum absolute atomic E-state index is 0.0707. The van der Waals surface area contributed by atoms with Crippen LogP contribution in [0, 0.1) is 5.92 Å². The number of hydrogen-bond acceptors (Lipinski definition) is 4. The monoisotopic (exact) mass is 343 g/mol. The molecule has 0 aliphatic carbocycles. The second-order valence-corrected chi connectivity index (χ2v) is 7.77. The van der Waals surface area contributed by atoms with Crippen LogP contribution in [0.4, 0.5) is 0 Å². The number of nitrogens with one attached hydrogen (secondary N) is 1. The molecule has 130 valence electrons. The SMILES string of the molecule is COC(Cc1ccccc1)CS(=O)(=O)NC(CC(C)C)C(=O)O. The Bertz CT molecular complexity index is 586. The predicted molar refractivity (Wildman–Crippen MR) is 88.7 cm³/mol. The summed E-state index contributed by atoms with van der Waals surface area (Å²) in [6, 6.07) is 8.30. The van der Waals surface area contributed by atoms with Crippen LogP contribution in [0.3, 0.4) is 0 Å². The van der Waals surface area contributed by atoms with E-state index in [0.29, 0.717) is 6.42 Å². The van der Waals surface area contributed by atoms with Crippen LogP contribution >= 0.6 is 0 Å². The molecule has 0 radical (unpaired) electrons. The molecule has 0 aliphatic rings. The Morgan fingerprint density at radius 1 is 1.26 bits per heavy atom. The number of rotatable bonds is 10. The van der Waals surface area contributed by atoms with Gasteiger partial charge in [-0.05, 0) is 24.3 Å². The summed E-state index contributed by atoms with van der Waals surface area (Å²) in [5.74, 6) is -1.37. The Balaban J connectivity index is 2.72. The van der Waals surface area contributed by atoms with Crippen molar-refractivity contribution < 1.29 is 23.1 Å². The molecular formula is C16H25NO5S. The highest BCUT2D eigenvalue weighted by Crippen LogP contribution is 2.10. The predicted octanol–water partition coefficient (Wildman–Crippen LogP) is 1.66. The summed E-state index contributed by atoms with van der Waals surface area (Å²) >= 11 is 0. The summed E-state index contributed by atoms with van der Waals surface area (Å²) in [6.07, 6.45) is 0.147. The zero-order valence-electron chi connectivity index (χ0n) is 13.7. The number of carboxylic acids is 1. The van der Waals surface area contributed by atoms with Crippen molar-refractivity contribution in [2.45, 2.75) is 38.8 Å². The van der Waals surface area contributed by atoms with E-state index in [2.05, 4.69) is 4.72 Å². The molecule has 0 amide bonds. The van der Waals surface area contributed by atoms with Crippen LogP contribution in [0.25, 0.3) is 0 Å². The summed E-state index contributed by atoms with van der Waals surface area (Å²) in [5, 5.41) is 9.15. The van der Waals surface area contributed by atoms with Gasteiger partial charge in [0, 0.05) is 7.11 Å². The van der Waals surface area contributed by atoms with E-state index < -0.39 is 28.1 Å². The van der Waals surface area contributed by atoms with E-state index in [-0.39, 0.29) is 18.1 Å². The first-order chi connectivity index (χ1) is 10.7. The number of sulfonamides is 1. The number of ether oxygens (including phenoxy) is 1. The zero-order chi connectivity index (χ0) is 17.5. The Labute approximate surface area is 137 Å². The molecule has 23 heavy (non-hydrogen) atoms. The normalized spacial score (nSPS) is 14.6. The quantitative estimate of drug-likeness (QED) is 0.674. The largest absolute Gasteiger partial charge is 0.480 e. The molecule has 0 heterocycles. The van der Waals surface area contributed by atoms with Crippen LogP contribution in [0.15, 0.2) is 30.3 Å². The lowest BCUT2D eigenvalue weighted by molar-refractivity contribution is -0.139. The fourth-order valence-corrected chi connectivity index (χ4v) is 3.74. The van der Waals surface area contributed by atoms with Gasteiger partial charge in [-0.2, -0.15) is 0 Å². The first-order valence-corrected chi connectivity index (χ1v) is 9.18. The van der Waals surface area contributed by atoms with Gasteiger partial charge in [-0.15, -0.1) is 0 Å². The maximum absolute atomic E-state index is 12.2. The van der Waals surface area contributed by atoms with Gasteiger partial charge in [0.05, 0.1) is 11.9 Å². The Hall–Kier alpha value is -1.44. The molecule has 0 saturated carbocycles. The molecule has 1 aromatic carbocycles. The smallest absolute Gasteiger partial charge is 0.321 e. The van der Waals surface area contributed by atoms with E-state index in [1.165, 1.54) is 7.11 Å². The first kappa shape index (κ1) is 19.6. The molecule has 6 nitrogen and oxygen atoms in total. The molecule has 7 heteroatoms. The topological polar surface area (TPSA) is 92.7 Å². The highest BCUT2D eigenvalue weighted by Gasteiger charge is 2.27. The standard InChI is InChI=1S/C16H25NO5S/c1-12(2)9-15(16(18)19)17-23(20,21)11-14(22-3)10-13-7-5-4-6-8-13/h4-8,12,14-15,17H,9-11H2,1-3H3,(H,18,19). The highest BCUT2D eigenvalue weighted by atomic mass is 32.2. The van der Waals surface area contributed by atoms with Crippen molar-refractivity contribution in [2.24, 2.45) is 5.92 Å². The molecule has 0 spiro atoms. The van der Waals surface area contributed by atoms with Gasteiger partial charge in [-0.1, -0.05) is 44.2 Å². The van der Waals surface area contributed by atoms with Crippen LogP contribution in [-0.2, 0) is 26.0 Å². The van der Waals surface area contributed by atoms with Gasteiger partial charge in [0.2, 0.25) is 10.0 Å². The van der Waals surface area contributed by atoms with E-state index in [9.17, 15) is 13.2 Å². The van der Waals surface area contributed by atoms with Crippen LogP contribution < -0.4 is 4.72 Å². The van der Waals surface area contributed by atoms with Crippen molar-refractivity contribution >= 4 is 16.0 Å². The molecule has 0 saturated heterocycles. The van der Waals surface area contributed by atoms with Crippen molar-refractivity contribution in [3.05, 3.63) is 35.9 Å². The molecule has 2 atom stereocenters. The number of carbonyl (C=O) groups is 1. The van der Waals surface area contributed by atoms with Gasteiger partial charge in [0.1, 0.15) is 6.04 Å². The molecular weight excluding hydrogens is 318 g/mol. The maximum Gasteiger partial charge on any atom is 0.321 e. The van der Waals surface area contributed by atoms with Gasteiger partial charge in [-0.3, -0.25) is 4.79 Å². The van der Waals surface area contributed by atoms with Gasteiger partial charge in [0.25, 0.3) is 0 Å². The van der Waals surface area contributed by atoms with Crippen molar-refractivity contribution in [3.8, 4) is 0 Å². The highest BCUT2D eigenvalue weighted by molar-refractivity contribution is 7.89. The summed E-state index contributed by atoms with van der Waals surface area (Å²) in [5.41, 5.74) is 0.964. The van der Waals surface area contributed by atoms with Crippen LogP contribution in [0.5, 0.6) is 0 Å². The summed E-state index contributed by atoms with van der Waals surface area (Å²) in [7, 11) is -2.31. The molecule has 0 bridgehead atoms. The fraction of sp³-hybridized carbons (Fsp3) is 0.562. The second-order valence-electron chi connectivity index (χ2n) is 5.97. The Kier molecular flexibility index (Phi) is 7.67.